The summed E-state index contributed by atoms with van der Waals surface area (Å²) in [5.74, 6) is 2.70. The molecule has 0 saturated heterocycles. The van der Waals surface area contributed by atoms with E-state index in [4.69, 9.17) is 15.2 Å². The Morgan fingerprint density at radius 1 is 0.889 bits per heavy atom. The van der Waals surface area contributed by atoms with Gasteiger partial charge in [0, 0.05) is 46.8 Å². The molecule has 45 heavy (non-hydrogen) atoms. The molecule has 6 rings (SSSR count). The van der Waals surface area contributed by atoms with Crippen LogP contribution in [0.2, 0.25) is 0 Å². The molecule has 242 valence electrons. The molecule has 2 heterocycles. The molecule has 2 aliphatic rings. The molecule has 0 radical (unpaired) electrons. The molecule has 0 bridgehead atoms. The molecular formula is C38H52N4O3. The van der Waals surface area contributed by atoms with Gasteiger partial charge in [0.15, 0.2) is 0 Å². The number of methoxy groups -OCH3 is 2. The Balaban J connectivity index is 1.48. The molecule has 3 atom stereocenters. The topological polar surface area (TPSA) is 105 Å². The van der Waals surface area contributed by atoms with Gasteiger partial charge in [-0.15, -0.1) is 0 Å². The van der Waals surface area contributed by atoms with Crippen LogP contribution >= 0.6 is 0 Å². The number of hydrogen-bond acceptors (Lipinski definition) is 4. The molecule has 1 amide bonds. The third kappa shape index (κ3) is 5.41. The smallest absolute Gasteiger partial charge is 0.227 e. The van der Waals surface area contributed by atoms with E-state index < -0.39 is 11.0 Å². The van der Waals surface area contributed by atoms with Crippen LogP contribution in [0.25, 0.3) is 21.8 Å². The van der Waals surface area contributed by atoms with Crippen molar-refractivity contribution in [1.82, 2.24) is 15.3 Å². The fourth-order valence-electron chi connectivity index (χ4n) is 9.22. The number of nitrogens with two attached hydrogens (primary N) is 1. The van der Waals surface area contributed by atoms with Gasteiger partial charge in [-0.25, -0.2) is 0 Å². The minimum Gasteiger partial charge on any atom is -0.496 e. The summed E-state index contributed by atoms with van der Waals surface area (Å²) in [4.78, 5) is 21.5. The number of carbonyl (C=O) groups excluding carboxylic acids is 1. The Kier molecular flexibility index (Phi) is 9.19. The van der Waals surface area contributed by atoms with Gasteiger partial charge in [0.05, 0.1) is 25.2 Å². The third-order valence-electron chi connectivity index (χ3n) is 11.7. The van der Waals surface area contributed by atoms with E-state index >= 15 is 0 Å². The normalized spacial score (nSPS) is 20.0. The van der Waals surface area contributed by atoms with Crippen molar-refractivity contribution >= 4 is 27.7 Å². The first-order valence-corrected chi connectivity index (χ1v) is 17.2. The Morgan fingerprint density at radius 3 is 2.09 bits per heavy atom. The number of hydrogen-bond donors (Lipinski definition) is 4. The van der Waals surface area contributed by atoms with E-state index in [1.54, 1.807) is 21.3 Å². The van der Waals surface area contributed by atoms with E-state index in [-0.39, 0.29) is 17.7 Å². The Bertz CT molecular complexity index is 1610. The zero-order chi connectivity index (χ0) is 31.6. The molecule has 4 aromatic rings. The van der Waals surface area contributed by atoms with Crippen molar-refractivity contribution < 1.29 is 14.3 Å². The number of amides is 1. The average molecular weight is 613 g/mol. The maximum atomic E-state index is 14.4. The van der Waals surface area contributed by atoms with Crippen LogP contribution in [-0.4, -0.2) is 37.1 Å². The van der Waals surface area contributed by atoms with E-state index in [2.05, 4.69) is 52.8 Å². The SMILES string of the molecule is CNC(=O)C(C)(CCC(c1c[nH]c2cccc(OC)c12)C1CCCCC1)C(N)(c1c[nH]c2cccc(OC)c12)C1CCCCC1. The number of aromatic amines is 2. The number of aromatic nitrogens is 2. The first-order valence-electron chi connectivity index (χ1n) is 17.2. The van der Waals surface area contributed by atoms with Crippen LogP contribution in [0.1, 0.15) is 101 Å². The number of rotatable bonds is 11. The predicted molar refractivity (Wildman–Crippen MR) is 183 cm³/mol. The van der Waals surface area contributed by atoms with Crippen LogP contribution in [0.4, 0.5) is 0 Å². The van der Waals surface area contributed by atoms with Crippen molar-refractivity contribution in [3.05, 3.63) is 59.9 Å². The monoisotopic (exact) mass is 612 g/mol. The Labute approximate surface area is 268 Å². The minimum absolute atomic E-state index is 0.0127. The van der Waals surface area contributed by atoms with Crippen molar-refractivity contribution in [2.24, 2.45) is 23.0 Å². The first kappa shape index (κ1) is 31.5. The van der Waals surface area contributed by atoms with Crippen LogP contribution < -0.4 is 20.5 Å². The van der Waals surface area contributed by atoms with Gasteiger partial charge in [-0.3, -0.25) is 4.79 Å². The fraction of sp³-hybridized carbons (Fsp3) is 0.553. The van der Waals surface area contributed by atoms with Crippen LogP contribution in [0.5, 0.6) is 11.5 Å². The standard InChI is InChI=1S/C38H52N4O3/c1-37(36(43)40-2,38(39,26-15-9-6-10-16-26)29-24-42-31-18-12-20-33(45-4)35(29)31)22-21-27(25-13-7-5-8-14-25)28-23-41-30-17-11-19-32(44-3)34(28)30/h11-12,17-20,23-27,41-42H,5-10,13-16,21-22,39H2,1-4H3,(H,40,43). The highest BCUT2D eigenvalue weighted by molar-refractivity contribution is 5.93. The third-order valence-corrected chi connectivity index (χ3v) is 11.7. The minimum atomic E-state index is -0.907. The number of benzene rings is 2. The molecule has 2 aliphatic carbocycles. The molecule has 7 heteroatoms. The molecule has 2 aromatic heterocycles. The predicted octanol–water partition coefficient (Wildman–Crippen LogP) is 8.30. The zero-order valence-electron chi connectivity index (χ0n) is 27.6. The summed E-state index contributed by atoms with van der Waals surface area (Å²) in [5, 5.41) is 5.25. The lowest BCUT2D eigenvalue weighted by Gasteiger charge is -2.51. The van der Waals surface area contributed by atoms with Crippen molar-refractivity contribution in [2.45, 2.75) is 95.4 Å². The van der Waals surface area contributed by atoms with E-state index in [1.165, 1.54) is 49.5 Å². The van der Waals surface area contributed by atoms with Gasteiger partial charge in [0.2, 0.25) is 5.91 Å². The summed E-state index contributed by atoms with van der Waals surface area (Å²) in [7, 11) is 5.24. The number of H-pyrrole nitrogens is 2. The first-order chi connectivity index (χ1) is 21.9. The van der Waals surface area contributed by atoms with Crippen molar-refractivity contribution in [3.63, 3.8) is 0 Å². The van der Waals surface area contributed by atoms with E-state index in [0.717, 1.165) is 65.6 Å². The summed E-state index contributed by atoms with van der Waals surface area (Å²) < 4.78 is 11.8. The van der Waals surface area contributed by atoms with Gasteiger partial charge < -0.3 is 30.5 Å². The molecule has 2 fully saturated rings. The van der Waals surface area contributed by atoms with Gasteiger partial charge in [-0.1, -0.05) is 50.7 Å². The molecule has 3 unspecified atom stereocenters. The largest absolute Gasteiger partial charge is 0.496 e. The summed E-state index contributed by atoms with van der Waals surface area (Å²) >= 11 is 0. The highest BCUT2D eigenvalue weighted by Gasteiger charge is 2.56. The lowest BCUT2D eigenvalue weighted by atomic mass is 9.55. The average Bonchev–Trinajstić information content (AvgIpc) is 3.73. The van der Waals surface area contributed by atoms with Crippen LogP contribution in [0, 0.1) is 17.3 Å². The van der Waals surface area contributed by atoms with Gasteiger partial charge in [0.1, 0.15) is 11.5 Å². The number of carbonyl (C=O) groups is 1. The fourth-order valence-corrected chi connectivity index (χ4v) is 9.22. The summed E-state index contributed by atoms with van der Waals surface area (Å²) in [5.41, 5.74) is 10.5. The number of fused-ring (bicyclic) bond motifs is 2. The lowest BCUT2D eigenvalue weighted by molar-refractivity contribution is -0.137. The second kappa shape index (κ2) is 13.1. The summed E-state index contributed by atoms with van der Waals surface area (Å²) in [6.07, 6.45) is 17.5. The van der Waals surface area contributed by atoms with Gasteiger partial charge in [-0.05, 0) is 93.0 Å². The highest BCUT2D eigenvalue weighted by Crippen LogP contribution is 2.55. The van der Waals surface area contributed by atoms with Crippen LogP contribution in [0.15, 0.2) is 48.8 Å². The van der Waals surface area contributed by atoms with Crippen molar-refractivity contribution in [2.75, 3.05) is 21.3 Å². The molecule has 2 aromatic carbocycles. The maximum Gasteiger partial charge on any atom is 0.227 e. The second-order valence-corrected chi connectivity index (χ2v) is 13.9. The lowest BCUT2D eigenvalue weighted by Crippen LogP contribution is -2.62. The highest BCUT2D eigenvalue weighted by atomic mass is 16.5. The summed E-state index contributed by atoms with van der Waals surface area (Å²) in [6, 6.07) is 12.3. The number of nitrogens with one attached hydrogen (secondary N) is 3. The Morgan fingerprint density at radius 2 is 1.47 bits per heavy atom. The summed E-state index contributed by atoms with van der Waals surface area (Å²) in [6.45, 7) is 2.14. The van der Waals surface area contributed by atoms with Crippen LogP contribution in [-0.2, 0) is 10.3 Å². The molecule has 0 aliphatic heterocycles. The van der Waals surface area contributed by atoms with E-state index in [0.29, 0.717) is 12.3 Å². The van der Waals surface area contributed by atoms with Crippen LogP contribution in [0.3, 0.4) is 0 Å². The van der Waals surface area contributed by atoms with Crippen molar-refractivity contribution in [1.29, 1.82) is 0 Å². The molecular weight excluding hydrogens is 560 g/mol. The van der Waals surface area contributed by atoms with Gasteiger partial charge in [-0.2, -0.15) is 0 Å². The maximum absolute atomic E-state index is 14.4. The molecule has 0 spiro atoms. The molecule has 5 N–H and O–H groups in total. The quantitative estimate of drug-likeness (QED) is 0.137. The molecule has 7 nitrogen and oxygen atoms in total. The van der Waals surface area contributed by atoms with Gasteiger partial charge >= 0.3 is 0 Å². The van der Waals surface area contributed by atoms with Gasteiger partial charge in [0.25, 0.3) is 0 Å². The Hall–Kier alpha value is -3.45. The number of ether oxygens (including phenoxy) is 2. The van der Waals surface area contributed by atoms with E-state index in [9.17, 15) is 4.79 Å². The van der Waals surface area contributed by atoms with Crippen molar-refractivity contribution in [3.8, 4) is 11.5 Å². The second-order valence-electron chi connectivity index (χ2n) is 13.9. The zero-order valence-corrected chi connectivity index (χ0v) is 27.6. The van der Waals surface area contributed by atoms with E-state index in [1.807, 2.05) is 18.2 Å². The molecule has 2 saturated carbocycles.